The Morgan fingerprint density at radius 1 is 1.47 bits per heavy atom. The van der Waals surface area contributed by atoms with E-state index in [2.05, 4.69) is 6.92 Å². The van der Waals surface area contributed by atoms with Crippen molar-refractivity contribution in [3.8, 4) is 0 Å². The monoisotopic (exact) mass is 295 g/mol. The van der Waals surface area contributed by atoms with Gasteiger partial charge in [0, 0.05) is 19.5 Å². The molecule has 0 saturated heterocycles. The molecule has 0 N–H and O–H groups in total. The average molecular weight is 295 g/mol. The van der Waals surface area contributed by atoms with Gasteiger partial charge in [0.1, 0.15) is 0 Å². The SMILES string of the molecule is CSC1=C(C)CCC(C(=O)N(C)CCC(F)(F)F)C1. The number of hydrogen-bond donors (Lipinski definition) is 0. The third-order valence-electron chi connectivity index (χ3n) is 3.48. The second-order valence-electron chi connectivity index (χ2n) is 4.97. The van der Waals surface area contributed by atoms with E-state index in [1.807, 2.05) is 6.26 Å². The number of carbonyl (C=O) groups is 1. The maximum atomic E-state index is 12.1. The number of allylic oxidation sites excluding steroid dienone is 2. The molecule has 0 aromatic heterocycles. The first-order valence-electron chi connectivity index (χ1n) is 6.29. The number of thioether (sulfide) groups is 1. The van der Waals surface area contributed by atoms with Crippen molar-refractivity contribution in [1.29, 1.82) is 0 Å². The molecule has 19 heavy (non-hydrogen) atoms. The molecule has 110 valence electrons. The lowest BCUT2D eigenvalue weighted by Crippen LogP contribution is -2.36. The molecular formula is C13H20F3NOS. The summed E-state index contributed by atoms with van der Waals surface area (Å²) in [7, 11) is 1.46. The average Bonchev–Trinajstić information content (AvgIpc) is 2.34. The van der Waals surface area contributed by atoms with E-state index in [1.54, 1.807) is 11.8 Å². The number of amides is 1. The van der Waals surface area contributed by atoms with Crippen LogP contribution in [0.15, 0.2) is 10.5 Å². The van der Waals surface area contributed by atoms with E-state index in [9.17, 15) is 18.0 Å². The molecule has 1 aliphatic carbocycles. The lowest BCUT2D eigenvalue weighted by molar-refractivity contribution is -0.146. The fraction of sp³-hybridized carbons (Fsp3) is 0.769. The molecule has 6 heteroatoms. The Hall–Kier alpha value is -0.650. The molecule has 0 fully saturated rings. The summed E-state index contributed by atoms with van der Waals surface area (Å²) in [5.74, 6) is -0.326. The Morgan fingerprint density at radius 2 is 2.11 bits per heavy atom. The highest BCUT2D eigenvalue weighted by Crippen LogP contribution is 2.35. The van der Waals surface area contributed by atoms with Crippen LogP contribution in [0.3, 0.4) is 0 Å². The summed E-state index contributed by atoms with van der Waals surface area (Å²) in [6, 6.07) is 0. The second-order valence-corrected chi connectivity index (χ2v) is 5.87. The number of nitrogens with zero attached hydrogens (tertiary/aromatic N) is 1. The van der Waals surface area contributed by atoms with Crippen LogP contribution >= 0.6 is 11.8 Å². The molecule has 1 amide bonds. The van der Waals surface area contributed by atoms with Gasteiger partial charge in [-0.3, -0.25) is 4.79 Å². The van der Waals surface area contributed by atoms with Crippen LogP contribution in [0, 0.1) is 5.92 Å². The predicted octanol–water partition coefficient (Wildman–Crippen LogP) is 3.83. The smallest absolute Gasteiger partial charge is 0.345 e. The molecule has 2 nitrogen and oxygen atoms in total. The maximum absolute atomic E-state index is 12.1. The van der Waals surface area contributed by atoms with Crippen molar-refractivity contribution in [2.75, 3.05) is 19.8 Å². The predicted molar refractivity (Wildman–Crippen MR) is 71.9 cm³/mol. The molecule has 0 aliphatic heterocycles. The van der Waals surface area contributed by atoms with Gasteiger partial charge < -0.3 is 4.90 Å². The normalized spacial score (nSPS) is 20.6. The minimum atomic E-state index is -4.21. The molecule has 1 unspecified atom stereocenters. The molecule has 1 aliphatic rings. The van der Waals surface area contributed by atoms with E-state index in [0.29, 0.717) is 6.42 Å². The van der Waals surface area contributed by atoms with Gasteiger partial charge in [-0.15, -0.1) is 11.8 Å². The Morgan fingerprint density at radius 3 is 2.63 bits per heavy atom. The minimum absolute atomic E-state index is 0.163. The first-order valence-corrected chi connectivity index (χ1v) is 7.51. The highest BCUT2D eigenvalue weighted by Gasteiger charge is 2.31. The van der Waals surface area contributed by atoms with Crippen LogP contribution in [-0.2, 0) is 4.79 Å². The highest BCUT2D eigenvalue weighted by atomic mass is 32.2. The van der Waals surface area contributed by atoms with Gasteiger partial charge in [-0.2, -0.15) is 13.2 Å². The van der Waals surface area contributed by atoms with Crippen LogP contribution in [-0.4, -0.2) is 36.8 Å². The van der Waals surface area contributed by atoms with Gasteiger partial charge in [-0.1, -0.05) is 5.57 Å². The van der Waals surface area contributed by atoms with E-state index < -0.39 is 12.6 Å². The standard InChI is InChI=1S/C13H20F3NOS/c1-9-4-5-10(8-11(9)19-3)12(18)17(2)7-6-13(14,15)16/h10H,4-8H2,1-3H3. The zero-order valence-electron chi connectivity index (χ0n) is 11.5. The quantitative estimate of drug-likeness (QED) is 0.785. The van der Waals surface area contributed by atoms with Gasteiger partial charge in [0.2, 0.25) is 5.91 Å². The second kappa shape index (κ2) is 6.68. The highest BCUT2D eigenvalue weighted by molar-refractivity contribution is 8.02. The van der Waals surface area contributed by atoms with Crippen LogP contribution in [0.5, 0.6) is 0 Å². The van der Waals surface area contributed by atoms with Crippen LogP contribution in [0.4, 0.5) is 13.2 Å². The summed E-state index contributed by atoms with van der Waals surface area (Å²) in [5.41, 5.74) is 1.30. The molecule has 0 saturated carbocycles. The molecule has 0 aromatic carbocycles. The van der Waals surface area contributed by atoms with Crippen molar-refractivity contribution in [2.24, 2.45) is 5.92 Å². The summed E-state index contributed by atoms with van der Waals surface area (Å²) < 4.78 is 36.4. The summed E-state index contributed by atoms with van der Waals surface area (Å²) in [4.78, 5) is 14.5. The van der Waals surface area contributed by atoms with Crippen molar-refractivity contribution < 1.29 is 18.0 Å². The summed E-state index contributed by atoms with van der Waals surface area (Å²) in [6.07, 6.45) is -0.903. The third-order valence-corrected chi connectivity index (χ3v) is 4.49. The number of carbonyl (C=O) groups excluding carboxylic acids is 1. The van der Waals surface area contributed by atoms with E-state index in [1.165, 1.54) is 22.4 Å². The summed E-state index contributed by atoms with van der Waals surface area (Å²) in [6.45, 7) is 1.80. The van der Waals surface area contributed by atoms with Crippen molar-refractivity contribution in [1.82, 2.24) is 4.90 Å². The fourth-order valence-electron chi connectivity index (χ4n) is 2.21. The number of alkyl halides is 3. The molecule has 0 heterocycles. The molecule has 1 atom stereocenters. The van der Waals surface area contributed by atoms with Crippen molar-refractivity contribution in [3.63, 3.8) is 0 Å². The number of halogens is 3. The van der Waals surface area contributed by atoms with E-state index in [0.717, 1.165) is 12.8 Å². The summed E-state index contributed by atoms with van der Waals surface area (Å²) >= 11 is 1.63. The number of hydrogen-bond acceptors (Lipinski definition) is 2. The zero-order valence-corrected chi connectivity index (χ0v) is 12.3. The van der Waals surface area contributed by atoms with Crippen molar-refractivity contribution in [3.05, 3.63) is 10.5 Å². The van der Waals surface area contributed by atoms with Gasteiger partial charge >= 0.3 is 6.18 Å². The Bertz CT molecular complexity index is 365. The van der Waals surface area contributed by atoms with Crippen molar-refractivity contribution >= 4 is 17.7 Å². The molecular weight excluding hydrogens is 275 g/mol. The maximum Gasteiger partial charge on any atom is 0.390 e. The van der Waals surface area contributed by atoms with Crippen LogP contribution < -0.4 is 0 Å². The molecule has 0 aromatic rings. The van der Waals surface area contributed by atoms with Gasteiger partial charge in [-0.05, 0) is 37.3 Å². The Kier molecular flexibility index (Phi) is 5.77. The first-order chi connectivity index (χ1) is 8.74. The minimum Gasteiger partial charge on any atom is -0.345 e. The fourth-order valence-corrected chi connectivity index (χ4v) is 3.03. The van der Waals surface area contributed by atoms with E-state index in [-0.39, 0.29) is 18.4 Å². The van der Waals surface area contributed by atoms with Crippen LogP contribution in [0.25, 0.3) is 0 Å². The van der Waals surface area contributed by atoms with E-state index >= 15 is 0 Å². The van der Waals surface area contributed by atoms with Gasteiger partial charge in [0.25, 0.3) is 0 Å². The number of rotatable bonds is 4. The Balaban J connectivity index is 2.54. The van der Waals surface area contributed by atoms with Gasteiger partial charge in [0.15, 0.2) is 0 Å². The van der Waals surface area contributed by atoms with Gasteiger partial charge in [-0.25, -0.2) is 0 Å². The largest absolute Gasteiger partial charge is 0.390 e. The lowest BCUT2D eigenvalue weighted by Gasteiger charge is -2.28. The van der Waals surface area contributed by atoms with E-state index in [4.69, 9.17) is 0 Å². The molecule has 0 spiro atoms. The zero-order chi connectivity index (χ0) is 14.6. The molecule has 0 radical (unpaired) electrons. The first kappa shape index (κ1) is 16.4. The van der Waals surface area contributed by atoms with Crippen molar-refractivity contribution in [2.45, 2.75) is 38.8 Å². The third kappa shape index (κ3) is 5.09. The van der Waals surface area contributed by atoms with Gasteiger partial charge in [0.05, 0.1) is 6.42 Å². The summed E-state index contributed by atoms with van der Waals surface area (Å²) in [5, 5.41) is 0. The molecule has 1 rings (SSSR count). The molecule has 0 bridgehead atoms. The Labute approximate surface area is 116 Å². The topological polar surface area (TPSA) is 20.3 Å². The lowest BCUT2D eigenvalue weighted by atomic mass is 9.89. The van der Waals surface area contributed by atoms with Crippen LogP contribution in [0.2, 0.25) is 0 Å². The van der Waals surface area contributed by atoms with Crippen LogP contribution in [0.1, 0.15) is 32.6 Å².